The summed E-state index contributed by atoms with van der Waals surface area (Å²) in [7, 11) is 0. The second-order valence-electron chi connectivity index (χ2n) is 6.98. The van der Waals surface area contributed by atoms with Crippen LogP contribution in [0.5, 0.6) is 0 Å². The van der Waals surface area contributed by atoms with E-state index in [2.05, 4.69) is 11.5 Å². The minimum atomic E-state index is -0.00772. The summed E-state index contributed by atoms with van der Waals surface area (Å²) in [4.78, 5) is 18.0. The van der Waals surface area contributed by atoms with Crippen molar-refractivity contribution in [3.8, 4) is 11.3 Å². The van der Waals surface area contributed by atoms with Crippen molar-refractivity contribution >= 4 is 17.4 Å². The van der Waals surface area contributed by atoms with Crippen LogP contribution in [0.3, 0.4) is 0 Å². The Hall–Kier alpha value is -2.11. The van der Waals surface area contributed by atoms with Crippen LogP contribution in [0.1, 0.15) is 44.4 Å². The van der Waals surface area contributed by atoms with Gasteiger partial charge in [0.2, 0.25) is 5.78 Å². The lowest BCUT2D eigenvalue weighted by Crippen LogP contribution is -2.26. The molecule has 0 spiro atoms. The maximum Gasteiger partial charge on any atom is 0.262 e. The first-order valence-corrected chi connectivity index (χ1v) is 10.4. The average molecular weight is 402 g/mol. The van der Waals surface area contributed by atoms with E-state index in [0.29, 0.717) is 30.4 Å². The summed E-state index contributed by atoms with van der Waals surface area (Å²) in [5.41, 5.74) is 3.51. The van der Waals surface area contributed by atoms with Gasteiger partial charge in [-0.05, 0) is 32.4 Å². The predicted molar refractivity (Wildman–Crippen MR) is 114 cm³/mol. The zero-order valence-corrected chi connectivity index (χ0v) is 17.6. The third kappa shape index (κ3) is 4.31. The summed E-state index contributed by atoms with van der Waals surface area (Å²) in [6.07, 6.45) is 5.80. The summed E-state index contributed by atoms with van der Waals surface area (Å²) < 4.78 is 9.36. The van der Waals surface area contributed by atoms with E-state index in [4.69, 9.17) is 21.3 Å². The number of halogens is 1. The highest BCUT2D eigenvalue weighted by Crippen LogP contribution is 2.22. The van der Waals surface area contributed by atoms with Crippen molar-refractivity contribution in [2.75, 3.05) is 13.2 Å². The van der Waals surface area contributed by atoms with E-state index in [0.717, 1.165) is 48.3 Å². The molecule has 0 atom stereocenters. The molecule has 2 heterocycles. The van der Waals surface area contributed by atoms with E-state index < -0.39 is 0 Å². The van der Waals surface area contributed by atoms with Crippen LogP contribution in [0, 0.1) is 6.92 Å². The maximum atomic E-state index is 13.2. The van der Waals surface area contributed by atoms with Crippen LogP contribution in [-0.2, 0) is 17.7 Å². The summed E-state index contributed by atoms with van der Waals surface area (Å²) in [6, 6.07) is 7.54. The first kappa shape index (κ1) is 20.6. The zero-order valence-electron chi connectivity index (χ0n) is 16.9. The molecule has 3 rings (SSSR count). The van der Waals surface area contributed by atoms with Gasteiger partial charge in [0.1, 0.15) is 0 Å². The molecular formula is C22H28ClN3O2. The molecule has 5 nitrogen and oxygen atoms in total. The summed E-state index contributed by atoms with van der Waals surface area (Å²) in [5, 5.41) is 0.681. The van der Waals surface area contributed by atoms with Gasteiger partial charge in [0.15, 0.2) is 0 Å². The standard InChI is InChI=1S/C22H28ClN3O2/c1-4-6-7-13-25-16(3)19(12-14-28-5-2)21(27)26-15-20(24-22(25)26)17-8-10-18(23)11-9-17/h8-11,15H,4-7,12-14H2,1-3H3. The minimum absolute atomic E-state index is 0.00772. The van der Waals surface area contributed by atoms with Crippen LogP contribution in [0.15, 0.2) is 35.3 Å². The molecule has 0 bridgehead atoms. The molecule has 0 amide bonds. The Bertz CT molecular complexity index is 990. The number of fused-ring (bicyclic) bond motifs is 1. The number of nitrogens with zero attached hydrogens (tertiary/aromatic N) is 3. The van der Waals surface area contributed by atoms with Crippen molar-refractivity contribution in [3.63, 3.8) is 0 Å². The van der Waals surface area contributed by atoms with Gasteiger partial charge in [0.25, 0.3) is 5.56 Å². The van der Waals surface area contributed by atoms with Gasteiger partial charge in [-0.3, -0.25) is 9.20 Å². The number of ether oxygens (including phenoxy) is 1. The normalized spacial score (nSPS) is 11.4. The Morgan fingerprint density at radius 2 is 1.89 bits per heavy atom. The quantitative estimate of drug-likeness (QED) is 0.479. The molecule has 0 aliphatic rings. The Labute approximate surface area is 170 Å². The lowest BCUT2D eigenvalue weighted by Gasteiger charge is -2.16. The molecule has 0 fully saturated rings. The molecule has 150 valence electrons. The van der Waals surface area contributed by atoms with E-state index in [-0.39, 0.29) is 5.56 Å². The molecular weight excluding hydrogens is 374 g/mol. The number of imidazole rings is 1. The molecule has 6 heteroatoms. The predicted octanol–water partition coefficient (Wildman–Crippen LogP) is 4.89. The smallest absolute Gasteiger partial charge is 0.262 e. The van der Waals surface area contributed by atoms with E-state index in [1.165, 1.54) is 0 Å². The van der Waals surface area contributed by atoms with E-state index in [1.54, 1.807) is 4.40 Å². The Morgan fingerprint density at radius 3 is 2.57 bits per heavy atom. The highest BCUT2D eigenvalue weighted by molar-refractivity contribution is 6.30. The number of rotatable bonds is 9. The highest BCUT2D eigenvalue weighted by atomic mass is 35.5. The second kappa shape index (κ2) is 9.39. The Balaban J connectivity index is 2.11. The van der Waals surface area contributed by atoms with Gasteiger partial charge in [-0.2, -0.15) is 0 Å². The van der Waals surface area contributed by atoms with Crippen LogP contribution in [0.2, 0.25) is 5.02 Å². The number of benzene rings is 1. The molecule has 0 radical (unpaired) electrons. The molecule has 0 aliphatic heterocycles. The lowest BCUT2D eigenvalue weighted by atomic mass is 10.1. The first-order chi connectivity index (χ1) is 13.6. The number of hydrogen-bond acceptors (Lipinski definition) is 3. The minimum Gasteiger partial charge on any atom is -0.381 e. The summed E-state index contributed by atoms with van der Waals surface area (Å²) >= 11 is 6.01. The van der Waals surface area contributed by atoms with Crippen molar-refractivity contribution < 1.29 is 4.74 Å². The molecule has 0 aliphatic carbocycles. The SMILES string of the molecule is CCCCCn1c(C)c(CCOCC)c(=O)n2cc(-c3ccc(Cl)cc3)nc12. The number of aromatic nitrogens is 3. The van der Waals surface area contributed by atoms with Crippen LogP contribution in [0.25, 0.3) is 17.0 Å². The third-order valence-electron chi connectivity index (χ3n) is 5.07. The van der Waals surface area contributed by atoms with Gasteiger partial charge in [0.05, 0.1) is 12.3 Å². The number of aryl methyl sites for hydroxylation is 1. The van der Waals surface area contributed by atoms with Crippen LogP contribution < -0.4 is 5.56 Å². The van der Waals surface area contributed by atoms with Gasteiger partial charge < -0.3 is 9.30 Å². The molecule has 0 unspecified atom stereocenters. The first-order valence-electron chi connectivity index (χ1n) is 10.0. The lowest BCUT2D eigenvalue weighted by molar-refractivity contribution is 0.150. The van der Waals surface area contributed by atoms with Crippen molar-refractivity contribution in [3.05, 3.63) is 57.1 Å². The molecule has 1 aromatic carbocycles. The largest absolute Gasteiger partial charge is 0.381 e. The van der Waals surface area contributed by atoms with Gasteiger partial charge in [-0.25, -0.2) is 4.98 Å². The molecule has 2 aromatic heterocycles. The van der Waals surface area contributed by atoms with Crippen molar-refractivity contribution in [2.24, 2.45) is 0 Å². The zero-order chi connectivity index (χ0) is 20.1. The van der Waals surface area contributed by atoms with Gasteiger partial charge in [-0.15, -0.1) is 0 Å². The topological polar surface area (TPSA) is 48.5 Å². The monoisotopic (exact) mass is 401 g/mol. The van der Waals surface area contributed by atoms with Crippen LogP contribution in [-0.4, -0.2) is 27.2 Å². The van der Waals surface area contributed by atoms with E-state index in [1.807, 2.05) is 44.3 Å². The molecule has 0 saturated heterocycles. The fraction of sp³-hybridized carbons (Fsp3) is 0.455. The average Bonchev–Trinajstić information content (AvgIpc) is 3.13. The number of hydrogen-bond donors (Lipinski definition) is 0. The molecule has 3 aromatic rings. The fourth-order valence-corrected chi connectivity index (χ4v) is 3.60. The van der Waals surface area contributed by atoms with Gasteiger partial charge in [-0.1, -0.05) is 43.5 Å². The molecule has 0 saturated carbocycles. The van der Waals surface area contributed by atoms with Crippen molar-refractivity contribution in [1.29, 1.82) is 0 Å². The van der Waals surface area contributed by atoms with Crippen molar-refractivity contribution in [2.45, 2.75) is 53.0 Å². The van der Waals surface area contributed by atoms with Crippen molar-refractivity contribution in [1.82, 2.24) is 14.0 Å². The fourth-order valence-electron chi connectivity index (χ4n) is 3.48. The van der Waals surface area contributed by atoms with Gasteiger partial charge >= 0.3 is 0 Å². The Kier molecular flexibility index (Phi) is 6.92. The summed E-state index contributed by atoms with van der Waals surface area (Å²) in [6.45, 7) is 8.22. The second-order valence-corrected chi connectivity index (χ2v) is 7.41. The van der Waals surface area contributed by atoms with E-state index in [9.17, 15) is 4.79 Å². The molecule has 0 N–H and O–H groups in total. The van der Waals surface area contributed by atoms with E-state index >= 15 is 0 Å². The summed E-state index contributed by atoms with van der Waals surface area (Å²) in [5.74, 6) is 0.698. The molecule has 28 heavy (non-hydrogen) atoms. The van der Waals surface area contributed by atoms with Crippen LogP contribution in [0.4, 0.5) is 0 Å². The Morgan fingerprint density at radius 1 is 1.14 bits per heavy atom. The third-order valence-corrected chi connectivity index (χ3v) is 5.33. The maximum absolute atomic E-state index is 13.2. The highest BCUT2D eigenvalue weighted by Gasteiger charge is 2.17. The number of unbranched alkanes of at least 4 members (excludes halogenated alkanes) is 2. The van der Waals surface area contributed by atoms with Crippen LogP contribution >= 0.6 is 11.6 Å². The van der Waals surface area contributed by atoms with Gasteiger partial charge in [0, 0.05) is 47.6 Å².